The van der Waals surface area contributed by atoms with Gasteiger partial charge in [-0.3, -0.25) is 0 Å². The van der Waals surface area contributed by atoms with Gasteiger partial charge in [0.05, 0.1) is 19.2 Å². The fraction of sp³-hybridized carbons (Fsp3) is 0.316. The minimum absolute atomic E-state index is 0.128. The number of ether oxygens (including phenoxy) is 1. The van der Waals surface area contributed by atoms with Crippen molar-refractivity contribution in [2.24, 2.45) is 0 Å². The third-order valence-corrected chi connectivity index (χ3v) is 4.56. The molecule has 132 valence electrons. The third-order valence-electron chi connectivity index (χ3n) is 4.31. The van der Waals surface area contributed by atoms with E-state index in [1.807, 2.05) is 19.1 Å². The van der Waals surface area contributed by atoms with Crippen LogP contribution in [0.5, 0.6) is 0 Å². The van der Waals surface area contributed by atoms with Gasteiger partial charge >= 0.3 is 6.03 Å². The first kappa shape index (κ1) is 17.7. The van der Waals surface area contributed by atoms with E-state index in [1.54, 1.807) is 29.2 Å². The summed E-state index contributed by atoms with van der Waals surface area (Å²) in [6, 6.07) is 13.3. The second kappa shape index (κ2) is 7.85. The molecule has 0 radical (unpaired) electrons. The summed E-state index contributed by atoms with van der Waals surface area (Å²) >= 11 is 5.89. The molecule has 1 heterocycles. The topological polar surface area (TPSA) is 41.6 Å². The summed E-state index contributed by atoms with van der Waals surface area (Å²) in [6.07, 6.45) is -0.245. The summed E-state index contributed by atoms with van der Waals surface area (Å²) in [6.45, 7) is 3.34. The molecule has 2 unspecified atom stereocenters. The Bertz CT molecular complexity index is 721. The van der Waals surface area contributed by atoms with Crippen LogP contribution in [-0.4, -0.2) is 30.6 Å². The standard InChI is InChI=1S/C19H20ClFN2O2/c1-13(14-2-6-16(20)7-3-14)22-19(24)23-10-11-25-18(12-23)15-4-8-17(21)9-5-15/h2-9,13,18H,10-12H2,1H3,(H,22,24). The van der Waals surface area contributed by atoms with Gasteiger partial charge in [-0.05, 0) is 42.3 Å². The number of hydrogen-bond donors (Lipinski definition) is 1. The fourth-order valence-corrected chi connectivity index (χ4v) is 2.95. The second-order valence-corrected chi connectivity index (χ2v) is 6.52. The number of urea groups is 1. The molecule has 1 N–H and O–H groups in total. The van der Waals surface area contributed by atoms with Crippen LogP contribution in [0.3, 0.4) is 0 Å². The maximum Gasteiger partial charge on any atom is 0.318 e. The summed E-state index contributed by atoms with van der Waals surface area (Å²) < 4.78 is 18.8. The molecule has 2 amide bonds. The van der Waals surface area contributed by atoms with Crippen LogP contribution in [-0.2, 0) is 4.74 Å². The minimum Gasteiger partial charge on any atom is -0.370 e. The number of amides is 2. The summed E-state index contributed by atoms with van der Waals surface area (Å²) in [5.74, 6) is -0.286. The van der Waals surface area contributed by atoms with E-state index in [-0.39, 0.29) is 24.0 Å². The van der Waals surface area contributed by atoms with Crippen molar-refractivity contribution >= 4 is 17.6 Å². The van der Waals surface area contributed by atoms with Crippen molar-refractivity contribution in [1.29, 1.82) is 0 Å². The van der Waals surface area contributed by atoms with E-state index in [4.69, 9.17) is 16.3 Å². The normalized spacial score (nSPS) is 18.7. The van der Waals surface area contributed by atoms with Crippen molar-refractivity contribution in [1.82, 2.24) is 10.2 Å². The van der Waals surface area contributed by atoms with Crippen LogP contribution in [0.4, 0.5) is 9.18 Å². The van der Waals surface area contributed by atoms with Gasteiger partial charge in [-0.2, -0.15) is 0 Å². The van der Waals surface area contributed by atoms with Crippen LogP contribution >= 0.6 is 11.6 Å². The van der Waals surface area contributed by atoms with E-state index < -0.39 is 0 Å². The Labute approximate surface area is 151 Å². The highest BCUT2D eigenvalue weighted by atomic mass is 35.5. The summed E-state index contributed by atoms with van der Waals surface area (Å²) in [7, 11) is 0. The summed E-state index contributed by atoms with van der Waals surface area (Å²) in [5, 5.41) is 3.66. The zero-order valence-corrected chi connectivity index (χ0v) is 14.7. The van der Waals surface area contributed by atoms with Crippen molar-refractivity contribution in [2.45, 2.75) is 19.1 Å². The maximum atomic E-state index is 13.1. The lowest BCUT2D eigenvalue weighted by atomic mass is 10.1. The lowest BCUT2D eigenvalue weighted by Gasteiger charge is -2.34. The van der Waals surface area contributed by atoms with Crippen molar-refractivity contribution in [3.8, 4) is 0 Å². The van der Waals surface area contributed by atoms with E-state index in [1.165, 1.54) is 12.1 Å². The SMILES string of the molecule is CC(NC(=O)N1CCOC(c2ccc(F)cc2)C1)c1ccc(Cl)cc1. The average molecular weight is 363 g/mol. The van der Waals surface area contributed by atoms with Gasteiger partial charge in [-0.1, -0.05) is 35.9 Å². The number of hydrogen-bond acceptors (Lipinski definition) is 2. The average Bonchev–Trinajstić information content (AvgIpc) is 2.63. The predicted molar refractivity (Wildman–Crippen MR) is 95.1 cm³/mol. The number of morpholine rings is 1. The molecular weight excluding hydrogens is 343 g/mol. The molecule has 4 nitrogen and oxygen atoms in total. The second-order valence-electron chi connectivity index (χ2n) is 6.08. The zero-order valence-electron chi connectivity index (χ0n) is 13.9. The maximum absolute atomic E-state index is 13.1. The first-order valence-corrected chi connectivity index (χ1v) is 8.58. The summed E-state index contributed by atoms with van der Waals surface area (Å²) in [5.41, 5.74) is 1.85. The molecule has 0 spiro atoms. The van der Waals surface area contributed by atoms with Gasteiger partial charge in [0.25, 0.3) is 0 Å². The fourth-order valence-electron chi connectivity index (χ4n) is 2.82. The molecule has 1 saturated heterocycles. The van der Waals surface area contributed by atoms with Gasteiger partial charge in [0.15, 0.2) is 0 Å². The van der Waals surface area contributed by atoms with Crippen LogP contribution < -0.4 is 5.32 Å². The highest BCUT2D eigenvalue weighted by Crippen LogP contribution is 2.23. The molecule has 1 aliphatic rings. The lowest BCUT2D eigenvalue weighted by molar-refractivity contribution is -0.0157. The molecule has 1 aliphatic heterocycles. The smallest absolute Gasteiger partial charge is 0.318 e. The van der Waals surface area contributed by atoms with Gasteiger partial charge in [-0.15, -0.1) is 0 Å². The van der Waals surface area contributed by atoms with Gasteiger partial charge in [0.1, 0.15) is 11.9 Å². The molecule has 0 saturated carbocycles. The highest BCUT2D eigenvalue weighted by Gasteiger charge is 2.26. The monoisotopic (exact) mass is 362 g/mol. The first-order valence-electron chi connectivity index (χ1n) is 8.21. The Hall–Kier alpha value is -2.11. The molecule has 3 rings (SSSR count). The number of carbonyl (C=O) groups excluding carboxylic acids is 1. The number of nitrogens with zero attached hydrogens (tertiary/aromatic N) is 1. The molecule has 6 heteroatoms. The largest absolute Gasteiger partial charge is 0.370 e. The van der Waals surface area contributed by atoms with Gasteiger partial charge in [-0.25, -0.2) is 9.18 Å². The molecule has 1 fully saturated rings. The zero-order chi connectivity index (χ0) is 17.8. The van der Waals surface area contributed by atoms with Crippen molar-refractivity contribution < 1.29 is 13.9 Å². The molecule has 2 aromatic rings. The van der Waals surface area contributed by atoms with E-state index in [2.05, 4.69) is 5.32 Å². The predicted octanol–water partition coefficient (Wildman–Crippen LogP) is 4.32. The van der Waals surface area contributed by atoms with E-state index in [0.717, 1.165) is 11.1 Å². The Morgan fingerprint density at radius 3 is 2.60 bits per heavy atom. The van der Waals surface area contributed by atoms with E-state index >= 15 is 0 Å². The first-order chi connectivity index (χ1) is 12.0. The molecule has 0 bridgehead atoms. The molecule has 2 aromatic carbocycles. The van der Waals surface area contributed by atoms with Crippen LogP contribution in [0.1, 0.15) is 30.2 Å². The number of benzene rings is 2. The van der Waals surface area contributed by atoms with Crippen LogP contribution in [0.25, 0.3) is 0 Å². The quantitative estimate of drug-likeness (QED) is 0.883. The van der Waals surface area contributed by atoms with Crippen LogP contribution in [0.15, 0.2) is 48.5 Å². The van der Waals surface area contributed by atoms with Crippen LogP contribution in [0, 0.1) is 5.82 Å². The van der Waals surface area contributed by atoms with E-state index in [0.29, 0.717) is 24.7 Å². The van der Waals surface area contributed by atoms with E-state index in [9.17, 15) is 9.18 Å². The molecule has 2 atom stereocenters. The number of nitrogens with one attached hydrogen (secondary N) is 1. The Morgan fingerprint density at radius 1 is 1.24 bits per heavy atom. The third kappa shape index (κ3) is 4.50. The van der Waals surface area contributed by atoms with Crippen molar-refractivity contribution in [2.75, 3.05) is 19.7 Å². The number of halogens is 2. The minimum atomic E-state index is -0.286. The Morgan fingerprint density at radius 2 is 1.92 bits per heavy atom. The number of rotatable bonds is 3. The Kier molecular flexibility index (Phi) is 5.56. The van der Waals surface area contributed by atoms with Crippen molar-refractivity contribution in [3.63, 3.8) is 0 Å². The van der Waals surface area contributed by atoms with Crippen molar-refractivity contribution in [3.05, 3.63) is 70.5 Å². The van der Waals surface area contributed by atoms with Gasteiger partial charge in [0.2, 0.25) is 0 Å². The van der Waals surface area contributed by atoms with Crippen LogP contribution in [0.2, 0.25) is 5.02 Å². The number of carbonyl (C=O) groups is 1. The van der Waals surface area contributed by atoms with Gasteiger partial charge in [0, 0.05) is 11.6 Å². The Balaban J connectivity index is 1.61. The molecule has 0 aliphatic carbocycles. The highest BCUT2D eigenvalue weighted by molar-refractivity contribution is 6.30. The molecule has 25 heavy (non-hydrogen) atoms. The molecule has 0 aromatic heterocycles. The summed E-state index contributed by atoms with van der Waals surface area (Å²) in [4.78, 5) is 14.3. The molecular formula is C19H20ClFN2O2. The van der Waals surface area contributed by atoms with Gasteiger partial charge < -0.3 is 15.0 Å². The lowest BCUT2D eigenvalue weighted by Crippen LogP contribution is -2.47.